The molecule has 0 saturated heterocycles. The predicted molar refractivity (Wildman–Crippen MR) is 78.8 cm³/mol. The summed E-state index contributed by atoms with van der Waals surface area (Å²) in [6, 6.07) is 3.64. The second kappa shape index (κ2) is 7.88. The van der Waals surface area contributed by atoms with Crippen LogP contribution in [0.2, 0.25) is 10.0 Å². The first-order valence-electron chi connectivity index (χ1n) is 6.47. The zero-order valence-electron chi connectivity index (χ0n) is 11.2. The lowest BCUT2D eigenvalue weighted by molar-refractivity contribution is 0.191. The number of rotatable bonds is 7. The van der Waals surface area contributed by atoms with Gasteiger partial charge in [0.2, 0.25) is 0 Å². The minimum absolute atomic E-state index is 0.198. The average molecular weight is 290 g/mol. The van der Waals surface area contributed by atoms with Crippen molar-refractivity contribution in [1.82, 2.24) is 5.32 Å². The summed E-state index contributed by atoms with van der Waals surface area (Å²) < 4.78 is 6.00. The van der Waals surface area contributed by atoms with E-state index in [1.807, 2.05) is 6.07 Å². The third kappa shape index (κ3) is 4.34. The molecule has 1 rings (SSSR count). The van der Waals surface area contributed by atoms with E-state index in [1.54, 1.807) is 6.07 Å². The Morgan fingerprint density at radius 2 is 1.83 bits per heavy atom. The highest BCUT2D eigenvalue weighted by atomic mass is 35.5. The van der Waals surface area contributed by atoms with Crippen LogP contribution in [0.25, 0.3) is 0 Å². The number of nitrogens with one attached hydrogen (secondary N) is 1. The van der Waals surface area contributed by atoms with Crippen molar-refractivity contribution in [1.29, 1.82) is 0 Å². The van der Waals surface area contributed by atoms with E-state index in [0.29, 0.717) is 16.6 Å². The van der Waals surface area contributed by atoms with Crippen LogP contribution in [0.3, 0.4) is 0 Å². The average Bonchev–Trinajstić information content (AvgIpc) is 2.35. The van der Waals surface area contributed by atoms with Gasteiger partial charge in [-0.1, -0.05) is 44.0 Å². The highest BCUT2D eigenvalue weighted by Gasteiger charge is 2.14. The molecule has 0 spiro atoms. The lowest BCUT2D eigenvalue weighted by atomic mass is 10.1. The van der Waals surface area contributed by atoms with Crippen LogP contribution in [0.4, 0.5) is 0 Å². The normalized spacial score (nSPS) is 11.0. The van der Waals surface area contributed by atoms with E-state index in [9.17, 15) is 0 Å². The Kier molecular flexibility index (Phi) is 6.83. The van der Waals surface area contributed by atoms with E-state index in [2.05, 4.69) is 26.1 Å². The maximum absolute atomic E-state index is 6.23. The van der Waals surface area contributed by atoms with E-state index >= 15 is 0 Å². The molecule has 1 aromatic rings. The topological polar surface area (TPSA) is 21.3 Å². The van der Waals surface area contributed by atoms with Crippen LogP contribution in [0, 0.1) is 0 Å². The molecule has 1 aromatic carbocycles. The molecule has 0 fully saturated rings. The van der Waals surface area contributed by atoms with Gasteiger partial charge in [0.25, 0.3) is 0 Å². The minimum atomic E-state index is 0.198. The molecule has 0 aliphatic carbocycles. The molecule has 0 radical (unpaired) electrons. The summed E-state index contributed by atoms with van der Waals surface area (Å²) in [5.41, 5.74) is 1.02. The molecule has 102 valence electrons. The van der Waals surface area contributed by atoms with Crippen LogP contribution >= 0.6 is 23.2 Å². The second-order valence-electron chi connectivity index (χ2n) is 4.21. The summed E-state index contributed by atoms with van der Waals surface area (Å²) in [7, 11) is 0. The number of halogens is 2. The third-order valence-corrected chi connectivity index (χ3v) is 3.34. The Morgan fingerprint density at radius 3 is 2.39 bits per heavy atom. The molecule has 2 nitrogen and oxygen atoms in total. The van der Waals surface area contributed by atoms with Gasteiger partial charge in [-0.2, -0.15) is 0 Å². The first kappa shape index (κ1) is 15.6. The molecular formula is C14H21Cl2NO. The molecule has 0 amide bonds. The van der Waals surface area contributed by atoms with E-state index in [-0.39, 0.29) is 6.10 Å². The molecule has 0 aliphatic heterocycles. The second-order valence-corrected chi connectivity index (χ2v) is 5.06. The van der Waals surface area contributed by atoms with E-state index < -0.39 is 0 Å². The monoisotopic (exact) mass is 289 g/mol. The Morgan fingerprint density at radius 1 is 1.17 bits per heavy atom. The molecule has 0 aliphatic rings. The van der Waals surface area contributed by atoms with Gasteiger partial charge in [0.05, 0.1) is 11.1 Å². The number of hydrogen-bond donors (Lipinski definition) is 1. The van der Waals surface area contributed by atoms with Crippen molar-refractivity contribution in [3.05, 3.63) is 27.7 Å². The fourth-order valence-corrected chi connectivity index (χ4v) is 2.34. The van der Waals surface area contributed by atoms with Crippen molar-refractivity contribution >= 4 is 23.2 Å². The standard InChI is InChI=1S/C14H21Cl2NO/c1-4-12(5-2)18-14-10(9-17-6-3)7-11(15)8-13(14)16/h7-8,12,17H,4-6,9H2,1-3H3. The Bertz CT molecular complexity index is 378. The summed E-state index contributed by atoms with van der Waals surface area (Å²) in [4.78, 5) is 0. The summed E-state index contributed by atoms with van der Waals surface area (Å²) in [6.45, 7) is 7.90. The summed E-state index contributed by atoms with van der Waals surface area (Å²) in [5.74, 6) is 0.760. The zero-order chi connectivity index (χ0) is 13.5. The highest BCUT2D eigenvalue weighted by molar-refractivity contribution is 6.35. The molecule has 4 heteroatoms. The largest absolute Gasteiger partial charge is 0.489 e. The van der Waals surface area contributed by atoms with Crippen LogP contribution in [0.5, 0.6) is 5.75 Å². The van der Waals surface area contributed by atoms with E-state index in [4.69, 9.17) is 27.9 Å². The lowest BCUT2D eigenvalue weighted by Crippen LogP contribution is -2.18. The van der Waals surface area contributed by atoms with Gasteiger partial charge in [-0.3, -0.25) is 0 Å². The van der Waals surface area contributed by atoms with Crippen molar-refractivity contribution in [2.45, 2.75) is 46.3 Å². The molecule has 1 N–H and O–H groups in total. The van der Waals surface area contributed by atoms with E-state index in [0.717, 1.165) is 30.7 Å². The van der Waals surface area contributed by atoms with Gasteiger partial charge >= 0.3 is 0 Å². The molecule has 0 aromatic heterocycles. The zero-order valence-corrected chi connectivity index (χ0v) is 12.7. The van der Waals surface area contributed by atoms with Crippen LogP contribution in [0.1, 0.15) is 39.2 Å². The summed E-state index contributed by atoms with van der Waals surface area (Å²) >= 11 is 12.3. The first-order chi connectivity index (χ1) is 8.62. The lowest BCUT2D eigenvalue weighted by Gasteiger charge is -2.20. The minimum Gasteiger partial charge on any atom is -0.489 e. The van der Waals surface area contributed by atoms with Crippen molar-refractivity contribution in [3.8, 4) is 5.75 Å². The van der Waals surface area contributed by atoms with Gasteiger partial charge in [-0.15, -0.1) is 0 Å². The number of benzene rings is 1. The van der Waals surface area contributed by atoms with Gasteiger partial charge in [-0.05, 0) is 31.5 Å². The number of ether oxygens (including phenoxy) is 1. The molecule has 18 heavy (non-hydrogen) atoms. The highest BCUT2D eigenvalue weighted by Crippen LogP contribution is 2.33. The molecule has 0 atom stereocenters. The molecule has 0 saturated carbocycles. The fraction of sp³-hybridized carbons (Fsp3) is 0.571. The summed E-state index contributed by atoms with van der Waals surface area (Å²) in [6.07, 6.45) is 2.13. The predicted octanol–water partition coefficient (Wildman–Crippen LogP) is 4.67. The van der Waals surface area contributed by atoms with Crippen LogP contribution in [0.15, 0.2) is 12.1 Å². The van der Waals surface area contributed by atoms with Gasteiger partial charge in [0.15, 0.2) is 0 Å². The van der Waals surface area contributed by atoms with Crippen LogP contribution in [-0.4, -0.2) is 12.6 Å². The maximum atomic E-state index is 6.23. The molecule has 0 heterocycles. The smallest absolute Gasteiger partial charge is 0.142 e. The maximum Gasteiger partial charge on any atom is 0.142 e. The van der Waals surface area contributed by atoms with Gasteiger partial charge in [0.1, 0.15) is 5.75 Å². The van der Waals surface area contributed by atoms with Crippen molar-refractivity contribution in [3.63, 3.8) is 0 Å². The molecular weight excluding hydrogens is 269 g/mol. The van der Waals surface area contributed by atoms with Gasteiger partial charge in [-0.25, -0.2) is 0 Å². The number of hydrogen-bond acceptors (Lipinski definition) is 2. The fourth-order valence-electron chi connectivity index (χ4n) is 1.76. The Labute approximate surface area is 120 Å². The molecule has 0 bridgehead atoms. The Balaban J connectivity index is 2.98. The van der Waals surface area contributed by atoms with Crippen molar-refractivity contribution in [2.75, 3.05) is 6.54 Å². The summed E-state index contributed by atoms with van der Waals surface area (Å²) in [5, 5.41) is 4.50. The molecule has 0 unspecified atom stereocenters. The van der Waals surface area contributed by atoms with Crippen molar-refractivity contribution < 1.29 is 4.74 Å². The SMILES string of the molecule is CCNCc1cc(Cl)cc(Cl)c1OC(CC)CC. The first-order valence-corrected chi connectivity index (χ1v) is 7.23. The quantitative estimate of drug-likeness (QED) is 0.788. The third-order valence-electron chi connectivity index (χ3n) is 2.85. The van der Waals surface area contributed by atoms with Crippen LogP contribution < -0.4 is 10.1 Å². The van der Waals surface area contributed by atoms with E-state index in [1.165, 1.54) is 0 Å². The van der Waals surface area contributed by atoms with Crippen molar-refractivity contribution in [2.24, 2.45) is 0 Å². The van der Waals surface area contributed by atoms with Gasteiger partial charge < -0.3 is 10.1 Å². The Hall–Kier alpha value is -0.440. The van der Waals surface area contributed by atoms with Crippen LogP contribution in [-0.2, 0) is 6.54 Å². The van der Waals surface area contributed by atoms with Gasteiger partial charge in [0, 0.05) is 17.1 Å².